The minimum Gasteiger partial charge on any atom is -0.507 e. The fourth-order valence-corrected chi connectivity index (χ4v) is 5.18. The second-order valence-electron chi connectivity index (χ2n) is 8.30. The molecule has 1 saturated heterocycles. The summed E-state index contributed by atoms with van der Waals surface area (Å²) in [5.74, 6) is -4.91. The molecular weight excluding hydrogens is 523 g/mol. The third-order valence-electron chi connectivity index (χ3n) is 6.21. The summed E-state index contributed by atoms with van der Waals surface area (Å²) >= 11 is 12.4. The van der Waals surface area contributed by atoms with Crippen LogP contribution in [0.4, 0.5) is 14.5 Å². The average molecular weight is 540 g/mol. The van der Waals surface area contributed by atoms with E-state index in [-0.39, 0.29) is 32.6 Å². The van der Waals surface area contributed by atoms with Crippen LogP contribution in [0, 0.1) is 11.6 Å². The maximum absolute atomic E-state index is 14.2. The first-order chi connectivity index (χ1) is 17.7. The molecule has 5 nitrogen and oxygen atoms in total. The lowest BCUT2D eigenvalue weighted by Gasteiger charge is -2.26. The largest absolute Gasteiger partial charge is 0.507 e. The van der Waals surface area contributed by atoms with Gasteiger partial charge in [-0.05, 0) is 40.6 Å². The van der Waals surface area contributed by atoms with Crippen LogP contribution in [0.5, 0.6) is 5.75 Å². The maximum Gasteiger partial charge on any atom is 0.300 e. The molecule has 0 spiro atoms. The number of amides is 1. The monoisotopic (exact) mass is 539 g/mol. The van der Waals surface area contributed by atoms with Gasteiger partial charge in [-0.3, -0.25) is 14.5 Å². The van der Waals surface area contributed by atoms with Gasteiger partial charge in [0.1, 0.15) is 11.5 Å². The Labute approximate surface area is 220 Å². The van der Waals surface area contributed by atoms with E-state index in [4.69, 9.17) is 27.9 Å². The highest BCUT2D eigenvalue weighted by Crippen LogP contribution is 2.46. The van der Waals surface area contributed by atoms with E-state index >= 15 is 0 Å². The predicted octanol–water partition coefficient (Wildman–Crippen LogP) is 7.06. The average Bonchev–Trinajstić information content (AvgIpc) is 3.14. The van der Waals surface area contributed by atoms with E-state index in [9.17, 15) is 23.5 Å². The molecule has 1 N–H and O–H groups in total. The van der Waals surface area contributed by atoms with E-state index in [2.05, 4.69) is 0 Å². The first kappa shape index (κ1) is 24.7. The van der Waals surface area contributed by atoms with Crippen molar-refractivity contribution in [2.45, 2.75) is 6.04 Å². The lowest BCUT2D eigenvalue weighted by Crippen LogP contribution is -2.29. The van der Waals surface area contributed by atoms with Gasteiger partial charge in [0.25, 0.3) is 11.7 Å². The van der Waals surface area contributed by atoms with Crippen molar-refractivity contribution in [2.75, 3.05) is 12.0 Å². The van der Waals surface area contributed by atoms with Gasteiger partial charge in [-0.25, -0.2) is 8.78 Å². The first-order valence-electron chi connectivity index (χ1n) is 11.0. The molecule has 1 fully saturated rings. The molecule has 0 aliphatic carbocycles. The number of anilines is 1. The minimum absolute atomic E-state index is 0.00600. The highest BCUT2D eigenvalue weighted by atomic mass is 35.5. The van der Waals surface area contributed by atoms with Gasteiger partial charge in [0.15, 0.2) is 11.6 Å². The molecule has 5 rings (SSSR count). The Kier molecular flexibility index (Phi) is 6.35. The summed E-state index contributed by atoms with van der Waals surface area (Å²) in [6.45, 7) is 0. The number of benzene rings is 4. The normalized spacial score (nSPS) is 17.0. The molecule has 0 aromatic heterocycles. The van der Waals surface area contributed by atoms with Gasteiger partial charge in [-0.15, -0.1) is 0 Å². The van der Waals surface area contributed by atoms with E-state index in [0.717, 1.165) is 22.4 Å². The van der Waals surface area contributed by atoms with Crippen molar-refractivity contribution in [1.29, 1.82) is 0 Å². The van der Waals surface area contributed by atoms with Crippen LogP contribution in [0.25, 0.3) is 16.5 Å². The second kappa shape index (κ2) is 9.50. The maximum atomic E-state index is 14.2. The number of carbonyl (C=O) groups excluding carboxylic acids is 2. The molecule has 37 heavy (non-hydrogen) atoms. The Balaban J connectivity index is 1.85. The van der Waals surface area contributed by atoms with Crippen molar-refractivity contribution in [1.82, 2.24) is 0 Å². The molecule has 9 heteroatoms. The number of ketones is 1. The molecule has 0 saturated carbocycles. The summed E-state index contributed by atoms with van der Waals surface area (Å²) < 4.78 is 33.3. The number of ether oxygens (including phenoxy) is 1. The van der Waals surface area contributed by atoms with Gasteiger partial charge < -0.3 is 9.84 Å². The lowest BCUT2D eigenvalue weighted by atomic mass is 9.91. The SMILES string of the molecule is COc1c(Cl)cc(Cl)cc1/C(O)=C1\C(=O)C(=O)N(c2ccc(F)c(F)c2)C1c1cccc2ccccc12. The van der Waals surface area contributed by atoms with Crippen molar-refractivity contribution >= 4 is 57.1 Å². The van der Waals surface area contributed by atoms with Gasteiger partial charge in [-0.1, -0.05) is 65.7 Å². The van der Waals surface area contributed by atoms with Crippen LogP contribution in [-0.4, -0.2) is 23.9 Å². The van der Waals surface area contributed by atoms with Gasteiger partial charge >= 0.3 is 0 Å². The summed E-state index contributed by atoms with van der Waals surface area (Å²) in [7, 11) is 1.33. The zero-order chi connectivity index (χ0) is 26.4. The number of fused-ring (bicyclic) bond motifs is 1. The smallest absolute Gasteiger partial charge is 0.300 e. The fourth-order valence-electron chi connectivity index (χ4n) is 4.61. The number of methoxy groups -OCH3 is 1. The fraction of sp³-hybridized carbons (Fsp3) is 0.0714. The molecule has 4 aromatic carbocycles. The Morgan fingerprint density at radius 2 is 1.68 bits per heavy atom. The summed E-state index contributed by atoms with van der Waals surface area (Å²) in [5.41, 5.74) is 0.126. The van der Waals surface area contributed by atoms with Gasteiger partial charge in [0, 0.05) is 16.8 Å². The number of hydrogen-bond donors (Lipinski definition) is 1. The van der Waals surface area contributed by atoms with Crippen molar-refractivity contribution in [2.24, 2.45) is 0 Å². The van der Waals surface area contributed by atoms with Crippen LogP contribution in [0.15, 0.2) is 78.4 Å². The Hall–Kier alpha value is -3.94. The lowest BCUT2D eigenvalue weighted by molar-refractivity contribution is -0.132. The second-order valence-corrected chi connectivity index (χ2v) is 9.15. The van der Waals surface area contributed by atoms with Crippen LogP contribution in [-0.2, 0) is 9.59 Å². The number of Topliss-reactive ketones (excluding diaryl/α,β-unsaturated/α-hetero) is 1. The highest BCUT2D eigenvalue weighted by Gasteiger charge is 2.48. The Bertz CT molecular complexity index is 1630. The molecule has 1 aliphatic heterocycles. The quantitative estimate of drug-likeness (QED) is 0.171. The number of hydrogen-bond acceptors (Lipinski definition) is 4. The molecule has 1 heterocycles. The van der Waals surface area contributed by atoms with Gasteiger partial charge in [-0.2, -0.15) is 0 Å². The van der Waals surface area contributed by atoms with Gasteiger partial charge in [0.05, 0.1) is 29.3 Å². The summed E-state index contributed by atoms with van der Waals surface area (Å²) in [5, 5.41) is 13.2. The van der Waals surface area contributed by atoms with Crippen molar-refractivity contribution in [3.05, 3.63) is 111 Å². The van der Waals surface area contributed by atoms with Crippen LogP contribution in [0.2, 0.25) is 10.0 Å². The summed E-state index contributed by atoms with van der Waals surface area (Å²) in [6, 6.07) is 17.0. The first-order valence-corrected chi connectivity index (χ1v) is 11.8. The Morgan fingerprint density at radius 1 is 0.946 bits per heavy atom. The standard InChI is InChI=1S/C28H17Cl2F2NO4/c1-37-27-19(11-15(29)12-20(27)30)25(34)23-24(18-8-4-6-14-5-2-3-7-17(14)18)33(28(36)26(23)35)16-9-10-21(31)22(32)13-16/h2-13,24,34H,1H3/b25-23+. The number of carbonyl (C=O) groups is 2. The Morgan fingerprint density at radius 3 is 2.41 bits per heavy atom. The van der Waals surface area contributed by atoms with Crippen LogP contribution in [0.1, 0.15) is 17.2 Å². The topological polar surface area (TPSA) is 66.8 Å². The van der Waals surface area contributed by atoms with Gasteiger partial charge in [0.2, 0.25) is 0 Å². The van der Waals surface area contributed by atoms with Crippen LogP contribution in [0.3, 0.4) is 0 Å². The summed E-state index contributed by atoms with van der Waals surface area (Å²) in [6.07, 6.45) is 0. The van der Waals surface area contributed by atoms with Crippen molar-refractivity contribution in [3.63, 3.8) is 0 Å². The van der Waals surface area contributed by atoms with E-state index in [1.165, 1.54) is 25.3 Å². The summed E-state index contributed by atoms with van der Waals surface area (Å²) in [4.78, 5) is 27.9. The minimum atomic E-state index is -1.20. The molecule has 0 bridgehead atoms. The van der Waals surface area contributed by atoms with E-state index in [1.54, 1.807) is 24.3 Å². The van der Waals surface area contributed by atoms with Crippen molar-refractivity contribution < 1.29 is 28.2 Å². The number of halogens is 4. The molecule has 1 unspecified atom stereocenters. The molecule has 186 valence electrons. The predicted molar refractivity (Wildman–Crippen MR) is 138 cm³/mol. The molecule has 1 amide bonds. The molecule has 4 aromatic rings. The third kappa shape index (κ3) is 4.10. The molecular formula is C28H17Cl2F2NO4. The molecule has 0 radical (unpaired) electrons. The van der Waals surface area contributed by atoms with E-state index in [1.807, 2.05) is 18.2 Å². The van der Waals surface area contributed by atoms with E-state index in [0.29, 0.717) is 10.9 Å². The molecule has 1 atom stereocenters. The van der Waals surface area contributed by atoms with E-state index < -0.39 is 35.1 Å². The zero-order valence-corrected chi connectivity index (χ0v) is 20.6. The third-order valence-corrected chi connectivity index (χ3v) is 6.71. The number of rotatable bonds is 4. The molecule has 1 aliphatic rings. The number of aliphatic hydroxyl groups is 1. The number of nitrogens with zero attached hydrogens (tertiary/aromatic N) is 1. The van der Waals surface area contributed by atoms with Crippen LogP contribution < -0.4 is 9.64 Å². The number of aliphatic hydroxyl groups excluding tert-OH is 1. The highest BCUT2D eigenvalue weighted by molar-refractivity contribution is 6.52. The van der Waals surface area contributed by atoms with Crippen molar-refractivity contribution in [3.8, 4) is 5.75 Å². The zero-order valence-electron chi connectivity index (χ0n) is 19.1. The van der Waals surface area contributed by atoms with Crippen LogP contribution >= 0.6 is 23.2 Å².